The topological polar surface area (TPSA) is 32.3 Å². The molecule has 2 heterocycles. The van der Waals surface area contributed by atoms with Gasteiger partial charge in [0.15, 0.2) is 0 Å². The quantitative estimate of drug-likeness (QED) is 0.840. The van der Waals surface area contributed by atoms with Crippen molar-refractivity contribution in [3.63, 3.8) is 0 Å². The Kier molecular flexibility index (Phi) is 3.46. The van der Waals surface area contributed by atoms with Gasteiger partial charge in [0.25, 0.3) is 0 Å². The zero-order valence-electron chi connectivity index (χ0n) is 10.4. The molecule has 1 atom stereocenters. The number of carbonyl (C=O) groups is 1. The Labute approximate surface area is 112 Å². The van der Waals surface area contributed by atoms with Gasteiger partial charge in [0.05, 0.1) is 0 Å². The third-order valence-corrected chi connectivity index (χ3v) is 4.65. The first-order valence-corrected chi connectivity index (χ1v) is 7.71. The maximum atomic E-state index is 12.5. The highest BCUT2D eigenvalue weighted by atomic mass is 32.2. The predicted octanol–water partition coefficient (Wildman–Crippen LogP) is 1.99. The Bertz CT molecular complexity index is 416. The predicted molar refractivity (Wildman–Crippen MR) is 76.1 cm³/mol. The first-order chi connectivity index (χ1) is 8.84. The second-order valence-electron chi connectivity index (χ2n) is 4.85. The number of hydrogen-bond acceptors (Lipinski definition) is 3. The Morgan fingerprint density at radius 3 is 3.06 bits per heavy atom. The number of thioether (sulfide) groups is 1. The fraction of sp³-hybridized carbons (Fsp3) is 0.500. The van der Waals surface area contributed by atoms with Gasteiger partial charge in [0, 0.05) is 31.0 Å². The summed E-state index contributed by atoms with van der Waals surface area (Å²) in [7, 11) is 0. The molecule has 3 rings (SSSR count). The van der Waals surface area contributed by atoms with Gasteiger partial charge < -0.3 is 10.2 Å². The minimum atomic E-state index is -0.0505. The minimum absolute atomic E-state index is 0.0505. The van der Waals surface area contributed by atoms with E-state index in [0.29, 0.717) is 0 Å². The number of rotatable bonds is 1. The molecule has 1 amide bonds. The molecule has 1 aromatic rings. The molecule has 1 N–H and O–H groups in total. The molecule has 0 unspecified atom stereocenters. The molecular formula is C14H18N2OS. The number of para-hydroxylation sites is 1. The van der Waals surface area contributed by atoms with Crippen molar-refractivity contribution in [2.24, 2.45) is 0 Å². The highest BCUT2D eigenvalue weighted by Crippen LogP contribution is 2.26. The van der Waals surface area contributed by atoms with Crippen molar-refractivity contribution in [1.82, 2.24) is 4.90 Å². The van der Waals surface area contributed by atoms with Crippen molar-refractivity contribution in [2.75, 3.05) is 29.9 Å². The number of nitrogens with one attached hydrogen (secondary N) is 1. The van der Waals surface area contributed by atoms with Crippen LogP contribution in [0.1, 0.15) is 12.0 Å². The molecule has 0 bridgehead atoms. The lowest BCUT2D eigenvalue weighted by atomic mass is 10.1. The van der Waals surface area contributed by atoms with Crippen LogP contribution in [0.5, 0.6) is 0 Å². The van der Waals surface area contributed by atoms with Gasteiger partial charge in [-0.3, -0.25) is 4.79 Å². The molecule has 4 heteroatoms. The van der Waals surface area contributed by atoms with Crippen LogP contribution in [-0.2, 0) is 11.2 Å². The monoisotopic (exact) mass is 262 g/mol. The van der Waals surface area contributed by atoms with E-state index in [9.17, 15) is 4.79 Å². The maximum Gasteiger partial charge on any atom is 0.245 e. The summed E-state index contributed by atoms with van der Waals surface area (Å²) >= 11 is 1.95. The summed E-state index contributed by atoms with van der Waals surface area (Å²) in [4.78, 5) is 14.5. The molecule has 0 aromatic heterocycles. The molecule has 1 aromatic carbocycles. The standard InChI is InChI=1S/C14H18N2OS/c17-14(16-6-3-8-18-9-7-16)13-10-11-4-1-2-5-12(11)15-13/h1-2,4-5,13,15H,3,6-10H2/t13-/m0/s1. The lowest BCUT2D eigenvalue weighted by Crippen LogP contribution is -2.43. The highest BCUT2D eigenvalue weighted by molar-refractivity contribution is 7.99. The van der Waals surface area contributed by atoms with Crippen LogP contribution < -0.4 is 5.32 Å². The van der Waals surface area contributed by atoms with Crippen molar-refractivity contribution in [3.8, 4) is 0 Å². The number of fused-ring (bicyclic) bond motifs is 1. The van der Waals surface area contributed by atoms with Crippen LogP contribution in [-0.4, -0.2) is 41.4 Å². The lowest BCUT2D eigenvalue weighted by Gasteiger charge is -2.23. The first kappa shape index (κ1) is 11.9. The van der Waals surface area contributed by atoms with E-state index in [-0.39, 0.29) is 11.9 Å². The normalized spacial score (nSPS) is 23.1. The molecular weight excluding hydrogens is 244 g/mol. The van der Waals surface area contributed by atoms with Crippen molar-refractivity contribution in [2.45, 2.75) is 18.9 Å². The first-order valence-electron chi connectivity index (χ1n) is 6.55. The van der Waals surface area contributed by atoms with E-state index >= 15 is 0 Å². The Morgan fingerprint density at radius 1 is 1.28 bits per heavy atom. The molecule has 0 radical (unpaired) electrons. The van der Waals surface area contributed by atoms with Crippen molar-refractivity contribution >= 4 is 23.4 Å². The second-order valence-corrected chi connectivity index (χ2v) is 6.07. The maximum absolute atomic E-state index is 12.5. The van der Waals surface area contributed by atoms with E-state index in [2.05, 4.69) is 17.4 Å². The molecule has 2 aliphatic rings. The summed E-state index contributed by atoms with van der Waals surface area (Å²) in [6.07, 6.45) is 1.95. The average molecular weight is 262 g/mol. The molecule has 0 aliphatic carbocycles. The summed E-state index contributed by atoms with van der Waals surface area (Å²) in [5.74, 6) is 2.53. The van der Waals surface area contributed by atoms with Gasteiger partial charge in [-0.2, -0.15) is 11.8 Å². The molecule has 96 valence electrons. The fourth-order valence-corrected chi connectivity index (χ4v) is 3.52. The summed E-state index contributed by atoms with van der Waals surface area (Å²) in [6, 6.07) is 8.16. The summed E-state index contributed by atoms with van der Waals surface area (Å²) in [5, 5.41) is 3.35. The van der Waals surface area contributed by atoms with Crippen LogP contribution in [0.15, 0.2) is 24.3 Å². The van der Waals surface area contributed by atoms with Gasteiger partial charge in [-0.05, 0) is 23.8 Å². The summed E-state index contributed by atoms with van der Waals surface area (Å²) < 4.78 is 0. The van der Waals surface area contributed by atoms with E-state index in [1.807, 2.05) is 28.8 Å². The van der Waals surface area contributed by atoms with E-state index in [1.54, 1.807) is 0 Å². The molecule has 18 heavy (non-hydrogen) atoms. The van der Waals surface area contributed by atoms with Crippen LogP contribution >= 0.6 is 11.8 Å². The smallest absolute Gasteiger partial charge is 0.245 e. The molecule has 1 saturated heterocycles. The number of nitrogens with zero attached hydrogens (tertiary/aromatic N) is 1. The van der Waals surface area contributed by atoms with E-state index in [1.165, 1.54) is 11.3 Å². The summed E-state index contributed by atoms with van der Waals surface area (Å²) in [6.45, 7) is 1.82. The van der Waals surface area contributed by atoms with E-state index in [4.69, 9.17) is 0 Å². The lowest BCUT2D eigenvalue weighted by molar-refractivity contribution is -0.131. The van der Waals surface area contributed by atoms with Crippen LogP contribution in [0.25, 0.3) is 0 Å². The SMILES string of the molecule is O=C([C@@H]1Cc2ccccc2N1)N1CCCSCC1. The number of benzene rings is 1. The van der Waals surface area contributed by atoms with Gasteiger partial charge in [0.1, 0.15) is 6.04 Å². The minimum Gasteiger partial charge on any atom is -0.373 e. The molecule has 1 fully saturated rings. The average Bonchev–Trinajstić information content (AvgIpc) is 2.64. The van der Waals surface area contributed by atoms with Crippen LogP contribution in [0, 0.1) is 0 Å². The zero-order chi connectivity index (χ0) is 12.4. The van der Waals surface area contributed by atoms with Crippen LogP contribution in [0.2, 0.25) is 0 Å². The van der Waals surface area contributed by atoms with Gasteiger partial charge in [-0.15, -0.1) is 0 Å². The number of carbonyl (C=O) groups excluding carboxylic acids is 1. The van der Waals surface area contributed by atoms with Crippen molar-refractivity contribution < 1.29 is 4.79 Å². The van der Waals surface area contributed by atoms with Crippen LogP contribution in [0.3, 0.4) is 0 Å². The Balaban J connectivity index is 1.68. The van der Waals surface area contributed by atoms with Crippen LogP contribution in [0.4, 0.5) is 5.69 Å². The number of hydrogen-bond donors (Lipinski definition) is 1. The van der Waals surface area contributed by atoms with E-state index < -0.39 is 0 Å². The molecule has 0 spiro atoms. The summed E-state index contributed by atoms with van der Waals surface area (Å²) in [5.41, 5.74) is 2.39. The number of anilines is 1. The van der Waals surface area contributed by atoms with Gasteiger partial charge in [0.2, 0.25) is 5.91 Å². The molecule has 0 saturated carbocycles. The third-order valence-electron chi connectivity index (χ3n) is 3.60. The Hall–Kier alpha value is -1.16. The fourth-order valence-electron chi connectivity index (χ4n) is 2.63. The van der Waals surface area contributed by atoms with Crippen molar-refractivity contribution in [3.05, 3.63) is 29.8 Å². The molecule has 2 aliphatic heterocycles. The van der Waals surface area contributed by atoms with Crippen molar-refractivity contribution in [1.29, 1.82) is 0 Å². The zero-order valence-corrected chi connectivity index (χ0v) is 11.2. The van der Waals surface area contributed by atoms with E-state index in [0.717, 1.165) is 37.4 Å². The van der Waals surface area contributed by atoms with Gasteiger partial charge >= 0.3 is 0 Å². The van der Waals surface area contributed by atoms with Gasteiger partial charge in [-0.25, -0.2) is 0 Å². The van der Waals surface area contributed by atoms with Gasteiger partial charge in [-0.1, -0.05) is 18.2 Å². The Morgan fingerprint density at radius 2 is 2.17 bits per heavy atom. The number of amides is 1. The largest absolute Gasteiger partial charge is 0.373 e. The molecule has 3 nitrogen and oxygen atoms in total. The highest BCUT2D eigenvalue weighted by Gasteiger charge is 2.30. The second kappa shape index (κ2) is 5.22. The third kappa shape index (κ3) is 2.34.